The van der Waals surface area contributed by atoms with Crippen molar-refractivity contribution in [3.63, 3.8) is 0 Å². The Morgan fingerprint density at radius 2 is 1.82 bits per heavy atom. The predicted molar refractivity (Wildman–Crippen MR) is 105 cm³/mol. The molecular weight excluding hydrogens is 352 g/mol. The summed E-state index contributed by atoms with van der Waals surface area (Å²) < 4.78 is 2.01. The van der Waals surface area contributed by atoms with Gasteiger partial charge in [-0.2, -0.15) is 0 Å². The van der Waals surface area contributed by atoms with Crippen molar-refractivity contribution in [1.29, 1.82) is 0 Å². The Morgan fingerprint density at radius 3 is 2.54 bits per heavy atom. The third-order valence-electron chi connectivity index (χ3n) is 5.08. The van der Waals surface area contributed by atoms with Gasteiger partial charge in [0.25, 0.3) is 5.72 Å². The predicted octanol–water partition coefficient (Wildman–Crippen LogP) is 3.32. The Morgan fingerprint density at radius 1 is 1.11 bits per heavy atom. The zero-order chi connectivity index (χ0) is 19.4. The first-order chi connectivity index (χ1) is 13.8. The molecule has 0 fully saturated rings. The van der Waals surface area contributed by atoms with E-state index >= 15 is 0 Å². The fourth-order valence-corrected chi connectivity index (χ4v) is 3.92. The number of hydrogen-bond acceptors (Lipinski definition) is 4. The third kappa shape index (κ3) is 2.97. The van der Waals surface area contributed by atoms with Gasteiger partial charge in [0.05, 0.1) is 12.7 Å². The molecule has 0 aliphatic carbocycles. The highest BCUT2D eigenvalue weighted by Crippen LogP contribution is 2.44. The van der Waals surface area contributed by atoms with Crippen molar-refractivity contribution in [3.8, 4) is 0 Å². The van der Waals surface area contributed by atoms with Crippen molar-refractivity contribution in [2.45, 2.75) is 18.2 Å². The average Bonchev–Trinajstić information content (AvgIpc) is 3.01. The number of azide groups is 1. The van der Waals surface area contributed by atoms with E-state index in [1.54, 1.807) is 6.20 Å². The summed E-state index contributed by atoms with van der Waals surface area (Å²) in [6, 6.07) is 21.1. The third-order valence-corrected chi connectivity index (χ3v) is 5.08. The van der Waals surface area contributed by atoms with E-state index < -0.39 is 5.72 Å². The maximum Gasteiger partial charge on any atom is 0.397 e. The smallest absolute Gasteiger partial charge is 0.352 e. The molecule has 4 rings (SSSR count). The van der Waals surface area contributed by atoms with Crippen LogP contribution in [0.4, 0.5) is 5.95 Å². The van der Waals surface area contributed by atoms with Gasteiger partial charge >= 0.3 is 5.95 Å². The molecular formula is C21H21N6O+. The molecule has 7 nitrogen and oxygen atoms in total. The van der Waals surface area contributed by atoms with Gasteiger partial charge in [0, 0.05) is 23.1 Å². The molecule has 2 unspecified atom stereocenters. The summed E-state index contributed by atoms with van der Waals surface area (Å²) in [4.78, 5) is 9.30. The molecule has 2 heterocycles. The second-order valence-corrected chi connectivity index (χ2v) is 6.69. The minimum atomic E-state index is -1.32. The lowest BCUT2D eigenvalue weighted by Crippen LogP contribution is -2.50. The van der Waals surface area contributed by atoms with Gasteiger partial charge in [0.15, 0.2) is 6.04 Å². The molecule has 1 aliphatic rings. The van der Waals surface area contributed by atoms with Crippen LogP contribution in [0.15, 0.2) is 84.2 Å². The minimum absolute atomic E-state index is 0.362. The summed E-state index contributed by atoms with van der Waals surface area (Å²) in [7, 11) is 0. The van der Waals surface area contributed by atoms with Gasteiger partial charge in [-0.3, -0.25) is 0 Å². The first-order valence-electron chi connectivity index (χ1n) is 9.24. The maximum atomic E-state index is 12.2. The topological polar surface area (TPSA) is 89.0 Å². The van der Waals surface area contributed by atoms with E-state index in [1.807, 2.05) is 82.4 Å². The molecule has 1 N–H and O–H groups in total. The van der Waals surface area contributed by atoms with Crippen LogP contribution in [0.2, 0.25) is 0 Å². The van der Waals surface area contributed by atoms with Gasteiger partial charge in [0.1, 0.15) is 6.20 Å². The quantitative estimate of drug-likeness (QED) is 0.236. The van der Waals surface area contributed by atoms with E-state index in [4.69, 9.17) is 5.53 Å². The molecule has 1 aromatic heterocycles. The van der Waals surface area contributed by atoms with Crippen molar-refractivity contribution >= 4 is 5.95 Å². The molecule has 0 saturated carbocycles. The van der Waals surface area contributed by atoms with Crippen LogP contribution >= 0.6 is 0 Å². The van der Waals surface area contributed by atoms with Crippen molar-refractivity contribution in [3.05, 3.63) is 101 Å². The number of nitrogens with zero attached hydrogens (tertiary/aromatic N) is 6. The van der Waals surface area contributed by atoms with Crippen LogP contribution in [0.3, 0.4) is 0 Å². The van der Waals surface area contributed by atoms with Crippen LogP contribution in [0.1, 0.15) is 23.6 Å². The summed E-state index contributed by atoms with van der Waals surface area (Å²) in [5.41, 5.74) is 9.03. The van der Waals surface area contributed by atoms with Gasteiger partial charge < -0.3 is 5.11 Å². The first-order valence-corrected chi connectivity index (χ1v) is 9.24. The summed E-state index contributed by atoms with van der Waals surface area (Å²) in [5.74, 6) is 0.684. The zero-order valence-electron chi connectivity index (χ0n) is 15.3. The molecule has 140 valence electrons. The summed E-state index contributed by atoms with van der Waals surface area (Å²) in [6.45, 7) is 0.867. The largest absolute Gasteiger partial charge is 0.397 e. The number of aromatic nitrogens is 2. The number of rotatable bonds is 6. The Kier molecular flexibility index (Phi) is 4.93. The highest BCUT2D eigenvalue weighted by atomic mass is 16.3. The fraction of sp³-hybridized carbons (Fsp3) is 0.238. The number of hydrogen-bond donors (Lipinski definition) is 1. The summed E-state index contributed by atoms with van der Waals surface area (Å²) in [5, 5.41) is 15.8. The number of fused-ring (bicyclic) bond motifs is 1. The minimum Gasteiger partial charge on any atom is -0.352 e. The maximum absolute atomic E-state index is 12.2. The molecule has 7 heteroatoms. The molecule has 2 aromatic carbocycles. The molecule has 0 radical (unpaired) electrons. The van der Waals surface area contributed by atoms with E-state index in [9.17, 15) is 5.11 Å². The first kappa shape index (κ1) is 18.0. The Bertz CT molecular complexity index is 990. The van der Waals surface area contributed by atoms with E-state index in [2.05, 4.69) is 15.0 Å². The van der Waals surface area contributed by atoms with Crippen molar-refractivity contribution < 1.29 is 9.67 Å². The van der Waals surface area contributed by atoms with Gasteiger partial charge in [-0.25, -0.2) is 9.47 Å². The van der Waals surface area contributed by atoms with Crippen LogP contribution in [0.5, 0.6) is 0 Å². The molecule has 2 atom stereocenters. The van der Waals surface area contributed by atoms with Crippen LogP contribution in [-0.2, 0) is 5.72 Å². The molecule has 0 saturated heterocycles. The van der Waals surface area contributed by atoms with E-state index in [0.29, 0.717) is 25.5 Å². The molecule has 1 aliphatic heterocycles. The van der Waals surface area contributed by atoms with Crippen LogP contribution in [0.25, 0.3) is 10.4 Å². The van der Waals surface area contributed by atoms with Crippen molar-refractivity contribution in [2.75, 3.05) is 18.0 Å². The highest BCUT2D eigenvalue weighted by Gasteiger charge is 2.59. The van der Waals surface area contributed by atoms with Crippen LogP contribution in [0, 0.1) is 0 Å². The van der Waals surface area contributed by atoms with Crippen molar-refractivity contribution in [1.82, 2.24) is 4.98 Å². The zero-order valence-corrected chi connectivity index (χ0v) is 15.3. The van der Waals surface area contributed by atoms with Gasteiger partial charge in [-0.15, -0.1) is 0 Å². The Balaban J connectivity index is 1.87. The van der Waals surface area contributed by atoms with Crippen LogP contribution < -0.4 is 9.47 Å². The Labute approximate surface area is 163 Å². The number of aliphatic hydroxyl groups is 1. The lowest BCUT2D eigenvalue weighted by Gasteiger charge is -2.33. The molecule has 3 aromatic rings. The standard InChI is InChI=1S/C21H21N6O/c22-25-24-14-8-16-27-20-23-13-7-15-26(20)19(17-9-3-1-4-10-17)21(27,28)18-11-5-2-6-12-18/h1-7,9-13,15,19,28H,8,14,16H2/q+1. The summed E-state index contributed by atoms with van der Waals surface area (Å²) >= 11 is 0. The normalized spacial score (nSPS) is 20.5. The van der Waals surface area contributed by atoms with Crippen LogP contribution in [-0.4, -0.2) is 23.2 Å². The number of benzene rings is 2. The van der Waals surface area contributed by atoms with E-state index in [-0.39, 0.29) is 6.04 Å². The monoisotopic (exact) mass is 373 g/mol. The average molecular weight is 373 g/mol. The highest BCUT2D eigenvalue weighted by molar-refractivity contribution is 5.43. The molecule has 0 spiro atoms. The van der Waals surface area contributed by atoms with Gasteiger partial charge in [-0.1, -0.05) is 70.8 Å². The second-order valence-electron chi connectivity index (χ2n) is 6.69. The molecule has 28 heavy (non-hydrogen) atoms. The van der Waals surface area contributed by atoms with Gasteiger partial charge in [-0.05, 0) is 17.5 Å². The second kappa shape index (κ2) is 7.68. The molecule has 0 bridgehead atoms. The van der Waals surface area contributed by atoms with Gasteiger partial charge in [0.2, 0.25) is 0 Å². The van der Waals surface area contributed by atoms with Crippen molar-refractivity contribution in [2.24, 2.45) is 5.11 Å². The van der Waals surface area contributed by atoms with E-state index in [1.165, 1.54) is 0 Å². The fourth-order valence-electron chi connectivity index (χ4n) is 3.92. The lowest BCUT2D eigenvalue weighted by molar-refractivity contribution is -0.703. The van der Waals surface area contributed by atoms with E-state index in [0.717, 1.165) is 11.1 Å². The molecule has 0 amide bonds. The summed E-state index contributed by atoms with van der Waals surface area (Å²) in [6.07, 6.45) is 4.28. The number of anilines is 1. The lowest BCUT2D eigenvalue weighted by atomic mass is 9.89. The SMILES string of the molecule is [N-]=[N+]=NCCCN1c2nccc[n+]2C(c2ccccc2)C1(O)c1ccccc1. The Hall–Kier alpha value is -3.41.